The summed E-state index contributed by atoms with van der Waals surface area (Å²) in [7, 11) is 2.10. The van der Waals surface area contributed by atoms with Crippen molar-refractivity contribution in [3.8, 4) is 0 Å². The van der Waals surface area contributed by atoms with Gasteiger partial charge in [0.25, 0.3) is 0 Å². The molecule has 2 rings (SSSR count). The van der Waals surface area contributed by atoms with Crippen LogP contribution in [0.15, 0.2) is 48.1 Å². The molecule has 82 valence electrons. The Morgan fingerprint density at radius 2 is 2.00 bits per heavy atom. The van der Waals surface area contributed by atoms with E-state index in [1.54, 1.807) is 0 Å². The van der Waals surface area contributed by atoms with E-state index in [4.69, 9.17) is 0 Å². The second-order valence-corrected chi connectivity index (χ2v) is 4.05. The minimum atomic E-state index is 1.24. The van der Waals surface area contributed by atoms with Crippen LogP contribution in [-0.2, 0) is 7.05 Å². The molecule has 1 nitrogen and oxygen atoms in total. The van der Waals surface area contributed by atoms with E-state index in [-0.39, 0.29) is 0 Å². The maximum atomic E-state index is 2.22. The first kappa shape index (κ1) is 10.7. The van der Waals surface area contributed by atoms with Crippen LogP contribution in [0.4, 0.5) is 0 Å². The van der Waals surface area contributed by atoms with Gasteiger partial charge in [-0.15, -0.1) is 0 Å². The average molecular weight is 211 g/mol. The Morgan fingerprint density at radius 3 is 2.69 bits per heavy atom. The van der Waals surface area contributed by atoms with Crippen molar-refractivity contribution in [2.75, 3.05) is 0 Å². The highest BCUT2D eigenvalue weighted by Gasteiger charge is 2.01. The van der Waals surface area contributed by atoms with Crippen molar-refractivity contribution in [2.24, 2.45) is 7.05 Å². The van der Waals surface area contributed by atoms with Gasteiger partial charge in [-0.05, 0) is 32.1 Å². The number of hydrogen-bond acceptors (Lipinski definition) is 0. The normalized spacial score (nSPS) is 12.8. The van der Waals surface area contributed by atoms with Gasteiger partial charge >= 0.3 is 0 Å². The van der Waals surface area contributed by atoms with Gasteiger partial charge in [-0.3, -0.25) is 0 Å². The molecule has 0 saturated heterocycles. The summed E-state index contributed by atoms with van der Waals surface area (Å²) >= 11 is 0. The van der Waals surface area contributed by atoms with Crippen LogP contribution in [0.2, 0.25) is 0 Å². The highest BCUT2D eigenvalue weighted by molar-refractivity contribution is 5.83. The van der Waals surface area contributed by atoms with Crippen molar-refractivity contribution in [2.45, 2.75) is 13.8 Å². The fraction of sp³-hybridized carbons (Fsp3) is 0.200. The number of para-hydroxylation sites is 1. The molecule has 0 atom stereocenters. The van der Waals surface area contributed by atoms with Crippen molar-refractivity contribution >= 4 is 17.0 Å². The van der Waals surface area contributed by atoms with Gasteiger partial charge in [-0.1, -0.05) is 35.9 Å². The van der Waals surface area contributed by atoms with Crippen LogP contribution in [0, 0.1) is 0 Å². The number of benzene rings is 1. The third-order valence-electron chi connectivity index (χ3n) is 2.96. The zero-order valence-corrected chi connectivity index (χ0v) is 10.1. The molecule has 1 heterocycles. The van der Waals surface area contributed by atoms with Gasteiger partial charge in [-0.25, -0.2) is 0 Å². The topological polar surface area (TPSA) is 4.93 Å². The number of aromatic nitrogens is 1. The lowest BCUT2D eigenvalue weighted by Crippen LogP contribution is -1.89. The summed E-state index contributed by atoms with van der Waals surface area (Å²) in [4.78, 5) is 0. The Kier molecular flexibility index (Phi) is 2.95. The zero-order valence-electron chi connectivity index (χ0n) is 10.1. The molecule has 0 aliphatic carbocycles. The number of hydrogen-bond donors (Lipinski definition) is 0. The molecular formula is C15H17N. The molecule has 0 radical (unpaired) electrons. The minimum absolute atomic E-state index is 1.24. The molecule has 0 spiro atoms. The van der Waals surface area contributed by atoms with Crippen LogP contribution < -0.4 is 0 Å². The van der Waals surface area contributed by atoms with Crippen LogP contribution in [0.1, 0.15) is 19.5 Å². The van der Waals surface area contributed by atoms with Crippen molar-refractivity contribution in [1.29, 1.82) is 0 Å². The molecule has 0 unspecified atom stereocenters. The number of aryl methyl sites for hydroxylation is 1. The molecule has 0 aliphatic heterocycles. The summed E-state index contributed by atoms with van der Waals surface area (Å²) in [5.74, 6) is 0. The Bertz CT molecular complexity index is 556. The molecule has 0 bridgehead atoms. The van der Waals surface area contributed by atoms with E-state index in [0.29, 0.717) is 0 Å². The van der Waals surface area contributed by atoms with Crippen LogP contribution in [-0.4, -0.2) is 4.57 Å². The van der Waals surface area contributed by atoms with Gasteiger partial charge < -0.3 is 4.57 Å². The molecule has 0 amide bonds. The Labute approximate surface area is 96.7 Å². The minimum Gasteiger partial charge on any atom is -0.344 e. The van der Waals surface area contributed by atoms with Gasteiger partial charge in [0.2, 0.25) is 0 Å². The number of allylic oxidation sites excluding steroid dienone is 3. The van der Waals surface area contributed by atoms with Crippen molar-refractivity contribution in [3.63, 3.8) is 0 Å². The number of fused-ring (bicyclic) bond motifs is 1. The second kappa shape index (κ2) is 4.40. The largest absolute Gasteiger partial charge is 0.344 e. The Hall–Kier alpha value is -1.76. The van der Waals surface area contributed by atoms with E-state index in [1.165, 1.54) is 22.2 Å². The summed E-state index contributed by atoms with van der Waals surface area (Å²) in [5, 5.41) is 1.29. The Morgan fingerprint density at radius 1 is 1.25 bits per heavy atom. The first-order chi connectivity index (χ1) is 7.72. The van der Waals surface area contributed by atoms with Crippen LogP contribution in [0.3, 0.4) is 0 Å². The van der Waals surface area contributed by atoms with Gasteiger partial charge in [0, 0.05) is 23.6 Å². The molecule has 1 aromatic heterocycles. The van der Waals surface area contributed by atoms with Crippen LogP contribution in [0.25, 0.3) is 17.0 Å². The molecule has 0 N–H and O–H groups in total. The molecule has 1 heteroatoms. The van der Waals surface area contributed by atoms with Crippen molar-refractivity contribution < 1.29 is 0 Å². The fourth-order valence-corrected chi connectivity index (χ4v) is 1.78. The van der Waals surface area contributed by atoms with E-state index in [9.17, 15) is 0 Å². The van der Waals surface area contributed by atoms with Gasteiger partial charge in [0.15, 0.2) is 0 Å². The van der Waals surface area contributed by atoms with E-state index in [0.717, 1.165) is 0 Å². The molecule has 2 aromatic rings. The maximum absolute atomic E-state index is 2.22. The highest BCUT2D eigenvalue weighted by atomic mass is 14.9. The SMILES string of the molecule is C/C=C(C)\C=C/c1cc2ccccc2n1C. The monoisotopic (exact) mass is 211 g/mol. The molecule has 0 aliphatic rings. The summed E-state index contributed by atoms with van der Waals surface area (Å²) in [6.45, 7) is 4.17. The third kappa shape index (κ3) is 1.94. The second-order valence-electron chi connectivity index (χ2n) is 4.05. The first-order valence-corrected chi connectivity index (χ1v) is 5.58. The lowest BCUT2D eigenvalue weighted by molar-refractivity contribution is 0.954. The lowest BCUT2D eigenvalue weighted by atomic mass is 10.2. The summed E-state index contributed by atoms with van der Waals surface area (Å²) in [5.41, 5.74) is 3.80. The molecule has 0 fully saturated rings. The van der Waals surface area contributed by atoms with E-state index >= 15 is 0 Å². The average Bonchev–Trinajstić information content (AvgIpc) is 2.64. The molecule has 1 aromatic carbocycles. The van der Waals surface area contributed by atoms with Crippen LogP contribution >= 0.6 is 0 Å². The molecule has 0 saturated carbocycles. The molecular weight excluding hydrogens is 194 g/mol. The van der Waals surface area contributed by atoms with Crippen molar-refractivity contribution in [3.05, 3.63) is 53.8 Å². The van der Waals surface area contributed by atoms with E-state index in [1.807, 2.05) is 0 Å². The highest BCUT2D eigenvalue weighted by Crippen LogP contribution is 2.19. The predicted octanol–water partition coefficient (Wildman–Crippen LogP) is 4.16. The van der Waals surface area contributed by atoms with Gasteiger partial charge in [0.1, 0.15) is 0 Å². The van der Waals surface area contributed by atoms with Gasteiger partial charge in [-0.2, -0.15) is 0 Å². The smallest absolute Gasteiger partial charge is 0.0482 e. The van der Waals surface area contributed by atoms with E-state index in [2.05, 4.69) is 74.0 Å². The predicted molar refractivity (Wildman–Crippen MR) is 71.4 cm³/mol. The third-order valence-corrected chi connectivity index (χ3v) is 2.96. The summed E-state index contributed by atoms with van der Waals surface area (Å²) in [6, 6.07) is 10.7. The zero-order chi connectivity index (χ0) is 11.5. The van der Waals surface area contributed by atoms with Crippen molar-refractivity contribution in [1.82, 2.24) is 4.57 Å². The van der Waals surface area contributed by atoms with Gasteiger partial charge in [0.05, 0.1) is 0 Å². The lowest BCUT2D eigenvalue weighted by Gasteiger charge is -1.98. The number of rotatable bonds is 2. The Balaban J connectivity index is 2.46. The maximum Gasteiger partial charge on any atom is 0.0482 e. The first-order valence-electron chi connectivity index (χ1n) is 5.58. The van der Waals surface area contributed by atoms with E-state index < -0.39 is 0 Å². The standard InChI is InChI=1S/C15H17N/c1-4-12(2)9-10-14-11-13-7-5-6-8-15(13)16(14)3/h4-11H,1-3H3/b10-9-,12-4-. The summed E-state index contributed by atoms with van der Waals surface area (Å²) in [6.07, 6.45) is 6.42. The quantitative estimate of drug-likeness (QED) is 0.657. The van der Waals surface area contributed by atoms with Crippen LogP contribution in [0.5, 0.6) is 0 Å². The summed E-state index contributed by atoms with van der Waals surface area (Å²) < 4.78 is 2.22. The molecule has 16 heavy (non-hydrogen) atoms. The number of nitrogens with zero attached hydrogens (tertiary/aromatic N) is 1. The fourth-order valence-electron chi connectivity index (χ4n) is 1.78.